The van der Waals surface area contributed by atoms with Crippen molar-refractivity contribution in [2.45, 2.75) is 6.92 Å². The molecule has 1 amide bonds. The van der Waals surface area contributed by atoms with E-state index in [1.54, 1.807) is 0 Å². The first-order chi connectivity index (χ1) is 5.61. The number of hydrogen-bond acceptors (Lipinski definition) is 4. The molecule has 0 atom stereocenters. The van der Waals surface area contributed by atoms with Gasteiger partial charge >= 0.3 is 0 Å². The predicted molar refractivity (Wildman–Crippen MR) is 43.6 cm³/mol. The van der Waals surface area contributed by atoms with Crippen molar-refractivity contribution in [2.75, 3.05) is 11.1 Å². The zero-order chi connectivity index (χ0) is 9.14. The van der Waals surface area contributed by atoms with Gasteiger partial charge in [-0.15, -0.1) is 0 Å². The number of nitrogens with one attached hydrogen (secondary N) is 2. The molecule has 0 radical (unpaired) electrons. The summed E-state index contributed by atoms with van der Waals surface area (Å²) in [4.78, 5) is 27.4. The number of nitrogens with two attached hydrogens (primary N) is 1. The SMILES string of the molecule is CC(=O)Nc1c(N)nc[nH]c1=O. The van der Waals surface area contributed by atoms with Crippen LogP contribution in [0.2, 0.25) is 0 Å². The van der Waals surface area contributed by atoms with E-state index in [2.05, 4.69) is 15.3 Å². The van der Waals surface area contributed by atoms with Crippen LogP contribution in [0, 0.1) is 0 Å². The molecule has 1 aromatic heterocycles. The van der Waals surface area contributed by atoms with E-state index >= 15 is 0 Å². The molecule has 0 spiro atoms. The Bertz CT molecular complexity index is 357. The molecule has 0 bridgehead atoms. The normalized spacial score (nSPS) is 9.42. The predicted octanol–water partition coefficient (Wildman–Crippen LogP) is -0.690. The third-order valence-electron chi connectivity index (χ3n) is 1.18. The zero-order valence-electron chi connectivity index (χ0n) is 6.42. The van der Waals surface area contributed by atoms with E-state index in [4.69, 9.17) is 5.73 Å². The van der Waals surface area contributed by atoms with Crippen LogP contribution in [-0.4, -0.2) is 15.9 Å². The number of nitrogen functional groups attached to an aromatic ring is 1. The van der Waals surface area contributed by atoms with Crippen molar-refractivity contribution < 1.29 is 4.79 Å². The third-order valence-corrected chi connectivity index (χ3v) is 1.18. The Morgan fingerprint density at radius 2 is 2.42 bits per heavy atom. The van der Waals surface area contributed by atoms with Crippen molar-refractivity contribution in [1.82, 2.24) is 9.97 Å². The second-order valence-corrected chi connectivity index (χ2v) is 2.17. The number of hydrogen-bond donors (Lipinski definition) is 3. The van der Waals surface area contributed by atoms with Gasteiger partial charge in [0.2, 0.25) is 5.91 Å². The average Bonchev–Trinajstić information content (AvgIpc) is 1.97. The van der Waals surface area contributed by atoms with Crippen LogP contribution < -0.4 is 16.6 Å². The molecular weight excluding hydrogens is 160 g/mol. The van der Waals surface area contributed by atoms with Gasteiger partial charge in [-0.05, 0) is 0 Å². The smallest absolute Gasteiger partial charge is 0.276 e. The monoisotopic (exact) mass is 168 g/mol. The van der Waals surface area contributed by atoms with Gasteiger partial charge in [-0.3, -0.25) is 9.59 Å². The van der Waals surface area contributed by atoms with Crippen LogP contribution in [0.3, 0.4) is 0 Å². The fraction of sp³-hybridized carbons (Fsp3) is 0.167. The van der Waals surface area contributed by atoms with Crippen molar-refractivity contribution in [1.29, 1.82) is 0 Å². The molecule has 0 aliphatic heterocycles. The topological polar surface area (TPSA) is 101 Å². The van der Waals surface area contributed by atoms with Crippen molar-refractivity contribution >= 4 is 17.4 Å². The Morgan fingerprint density at radius 3 is 2.92 bits per heavy atom. The van der Waals surface area contributed by atoms with Gasteiger partial charge in [0.15, 0.2) is 5.82 Å². The molecular formula is C6H8N4O2. The molecule has 0 unspecified atom stereocenters. The Morgan fingerprint density at radius 1 is 1.75 bits per heavy atom. The number of carbonyl (C=O) groups is 1. The van der Waals surface area contributed by atoms with Crippen LogP contribution in [0.5, 0.6) is 0 Å². The molecule has 0 aliphatic rings. The standard InChI is InChI=1S/C6H8N4O2/c1-3(11)10-4-5(7)8-2-9-6(4)12/h2H,1H3,(H,10,11)(H3,7,8,9,12). The molecule has 0 aromatic carbocycles. The Labute approximate surface area is 67.8 Å². The van der Waals surface area contributed by atoms with Crippen LogP contribution in [0.15, 0.2) is 11.1 Å². The van der Waals surface area contributed by atoms with Gasteiger partial charge in [0.05, 0.1) is 6.33 Å². The lowest BCUT2D eigenvalue weighted by molar-refractivity contribution is -0.114. The Kier molecular flexibility index (Phi) is 2.09. The van der Waals surface area contributed by atoms with E-state index in [0.29, 0.717) is 0 Å². The molecule has 4 N–H and O–H groups in total. The minimum atomic E-state index is -0.460. The van der Waals surface area contributed by atoms with Gasteiger partial charge in [0, 0.05) is 6.92 Å². The quantitative estimate of drug-likeness (QED) is 0.516. The van der Waals surface area contributed by atoms with E-state index in [9.17, 15) is 9.59 Å². The fourth-order valence-corrected chi connectivity index (χ4v) is 0.710. The van der Waals surface area contributed by atoms with E-state index in [0.717, 1.165) is 0 Å². The third kappa shape index (κ3) is 1.60. The van der Waals surface area contributed by atoms with Crippen molar-refractivity contribution in [3.05, 3.63) is 16.7 Å². The summed E-state index contributed by atoms with van der Waals surface area (Å²) < 4.78 is 0. The summed E-state index contributed by atoms with van der Waals surface area (Å²) in [6.07, 6.45) is 1.17. The van der Waals surface area contributed by atoms with Gasteiger partial charge < -0.3 is 16.0 Å². The van der Waals surface area contributed by atoms with Gasteiger partial charge in [0.1, 0.15) is 5.69 Å². The van der Waals surface area contributed by atoms with E-state index < -0.39 is 5.56 Å². The summed E-state index contributed by atoms with van der Waals surface area (Å²) >= 11 is 0. The highest BCUT2D eigenvalue weighted by atomic mass is 16.2. The summed E-state index contributed by atoms with van der Waals surface area (Å²) in [6.45, 7) is 1.28. The van der Waals surface area contributed by atoms with Gasteiger partial charge in [-0.1, -0.05) is 0 Å². The lowest BCUT2D eigenvalue weighted by Crippen LogP contribution is -2.19. The number of carbonyl (C=O) groups excluding carboxylic acids is 1. The Hall–Kier alpha value is -1.85. The summed E-state index contributed by atoms with van der Waals surface area (Å²) in [5.41, 5.74) is 4.85. The summed E-state index contributed by atoms with van der Waals surface area (Å²) in [5, 5.41) is 2.27. The first-order valence-corrected chi connectivity index (χ1v) is 3.22. The van der Waals surface area contributed by atoms with Crippen molar-refractivity contribution in [3.8, 4) is 0 Å². The maximum atomic E-state index is 11.0. The average molecular weight is 168 g/mol. The van der Waals surface area contributed by atoms with Crippen molar-refractivity contribution in [2.24, 2.45) is 0 Å². The first-order valence-electron chi connectivity index (χ1n) is 3.22. The number of rotatable bonds is 1. The number of nitrogens with zero attached hydrogens (tertiary/aromatic N) is 1. The highest BCUT2D eigenvalue weighted by Gasteiger charge is 2.05. The summed E-state index contributed by atoms with van der Waals surface area (Å²) in [5.74, 6) is -0.353. The minimum Gasteiger partial charge on any atom is -0.382 e. The molecule has 6 heteroatoms. The highest BCUT2D eigenvalue weighted by Crippen LogP contribution is 2.05. The van der Waals surface area contributed by atoms with Gasteiger partial charge in [-0.25, -0.2) is 4.98 Å². The molecule has 0 fully saturated rings. The number of aromatic nitrogens is 2. The van der Waals surface area contributed by atoms with E-state index in [1.165, 1.54) is 13.3 Å². The summed E-state index contributed by atoms with van der Waals surface area (Å²) in [7, 11) is 0. The number of aromatic amines is 1. The second kappa shape index (κ2) is 3.04. The Balaban J connectivity index is 3.13. The maximum absolute atomic E-state index is 11.0. The molecule has 1 aromatic rings. The molecule has 0 saturated carbocycles. The molecule has 12 heavy (non-hydrogen) atoms. The molecule has 1 heterocycles. The van der Waals surface area contributed by atoms with Crippen LogP contribution in [0.25, 0.3) is 0 Å². The largest absolute Gasteiger partial charge is 0.382 e. The van der Waals surface area contributed by atoms with Gasteiger partial charge in [-0.2, -0.15) is 0 Å². The maximum Gasteiger partial charge on any atom is 0.276 e. The first kappa shape index (κ1) is 8.25. The van der Waals surface area contributed by atoms with Gasteiger partial charge in [0.25, 0.3) is 5.56 Å². The van der Waals surface area contributed by atoms with E-state index in [1.807, 2.05) is 0 Å². The molecule has 1 rings (SSSR count). The van der Waals surface area contributed by atoms with E-state index in [-0.39, 0.29) is 17.4 Å². The molecule has 6 nitrogen and oxygen atoms in total. The zero-order valence-corrected chi connectivity index (χ0v) is 6.42. The fourth-order valence-electron chi connectivity index (χ4n) is 0.710. The van der Waals surface area contributed by atoms with Crippen molar-refractivity contribution in [3.63, 3.8) is 0 Å². The van der Waals surface area contributed by atoms with Crippen LogP contribution >= 0.6 is 0 Å². The molecule has 0 aliphatic carbocycles. The lowest BCUT2D eigenvalue weighted by atomic mass is 10.4. The van der Waals surface area contributed by atoms with Crippen LogP contribution in [0.4, 0.5) is 11.5 Å². The number of H-pyrrole nitrogens is 1. The molecule has 64 valence electrons. The molecule has 0 saturated heterocycles. The summed E-state index contributed by atoms with van der Waals surface area (Å²) in [6, 6.07) is 0. The number of anilines is 2. The highest BCUT2D eigenvalue weighted by molar-refractivity contribution is 5.90. The van der Waals surface area contributed by atoms with Crippen LogP contribution in [-0.2, 0) is 4.79 Å². The second-order valence-electron chi connectivity index (χ2n) is 2.17. The number of amides is 1. The lowest BCUT2D eigenvalue weighted by Gasteiger charge is -2.01. The minimum absolute atomic E-state index is 0.00829. The van der Waals surface area contributed by atoms with Crippen LogP contribution in [0.1, 0.15) is 6.92 Å².